The Morgan fingerprint density at radius 2 is 2.08 bits per heavy atom. The molecule has 78 valence electrons. The van der Waals surface area contributed by atoms with Crippen molar-refractivity contribution < 1.29 is 4.74 Å². The maximum absolute atomic E-state index is 5.93. The van der Waals surface area contributed by atoms with E-state index in [0.717, 1.165) is 13.0 Å². The second kappa shape index (κ2) is 5.61. The minimum absolute atomic E-state index is 0.371. The Morgan fingerprint density at radius 1 is 1.38 bits per heavy atom. The first-order valence-corrected chi connectivity index (χ1v) is 5.66. The molecular weight excluding hydrogens is 162 g/mol. The third-order valence-corrected chi connectivity index (χ3v) is 2.93. The molecule has 2 unspecified atom stereocenters. The number of likely N-dealkylation sites (N-methyl/N-ethyl adjacent to an activating group) is 1. The van der Waals surface area contributed by atoms with Crippen LogP contribution in [0.3, 0.4) is 0 Å². The van der Waals surface area contributed by atoms with E-state index in [1.165, 1.54) is 19.3 Å². The Balaban J connectivity index is 2.20. The molecule has 0 heterocycles. The summed E-state index contributed by atoms with van der Waals surface area (Å²) in [5.41, 5.74) is 0. The van der Waals surface area contributed by atoms with Crippen LogP contribution in [0.15, 0.2) is 0 Å². The van der Waals surface area contributed by atoms with Crippen LogP contribution >= 0.6 is 0 Å². The molecule has 1 saturated carbocycles. The third-order valence-electron chi connectivity index (χ3n) is 2.93. The lowest BCUT2D eigenvalue weighted by Gasteiger charge is -2.32. The molecule has 0 aromatic rings. The first kappa shape index (κ1) is 11.0. The van der Waals surface area contributed by atoms with Crippen LogP contribution in [0.5, 0.6) is 0 Å². The van der Waals surface area contributed by atoms with Crippen LogP contribution < -0.4 is 5.32 Å². The molecule has 0 spiro atoms. The second-order valence-electron chi connectivity index (χ2n) is 3.97. The van der Waals surface area contributed by atoms with Gasteiger partial charge < -0.3 is 10.1 Å². The molecule has 0 aliphatic heterocycles. The van der Waals surface area contributed by atoms with E-state index >= 15 is 0 Å². The van der Waals surface area contributed by atoms with Crippen molar-refractivity contribution in [3.63, 3.8) is 0 Å². The van der Waals surface area contributed by atoms with E-state index in [0.29, 0.717) is 18.2 Å². The van der Waals surface area contributed by atoms with Gasteiger partial charge in [0, 0.05) is 6.04 Å². The highest BCUT2D eigenvalue weighted by molar-refractivity contribution is 4.76. The van der Waals surface area contributed by atoms with Gasteiger partial charge in [-0.2, -0.15) is 0 Å². The van der Waals surface area contributed by atoms with Gasteiger partial charge in [-0.05, 0) is 39.2 Å². The molecule has 1 fully saturated rings. The van der Waals surface area contributed by atoms with Crippen LogP contribution in [0.2, 0.25) is 0 Å². The van der Waals surface area contributed by atoms with Gasteiger partial charge >= 0.3 is 0 Å². The molecule has 2 nitrogen and oxygen atoms in total. The summed E-state index contributed by atoms with van der Waals surface area (Å²) in [7, 11) is 0. The van der Waals surface area contributed by atoms with E-state index < -0.39 is 0 Å². The third kappa shape index (κ3) is 3.28. The number of nitrogens with one attached hydrogen (secondary N) is 1. The van der Waals surface area contributed by atoms with Crippen molar-refractivity contribution in [1.82, 2.24) is 5.32 Å². The molecule has 2 atom stereocenters. The lowest BCUT2D eigenvalue weighted by molar-refractivity contribution is -0.0578. The highest BCUT2D eigenvalue weighted by Gasteiger charge is 2.23. The molecule has 0 bridgehead atoms. The molecule has 0 aromatic carbocycles. The molecular formula is C11H23NO. The first-order chi connectivity index (χ1) is 6.27. The summed E-state index contributed by atoms with van der Waals surface area (Å²) in [5, 5.41) is 3.46. The fraction of sp³-hybridized carbons (Fsp3) is 1.00. The zero-order valence-corrected chi connectivity index (χ0v) is 9.18. The van der Waals surface area contributed by atoms with Crippen molar-refractivity contribution in [2.45, 2.75) is 64.7 Å². The predicted molar refractivity (Wildman–Crippen MR) is 55.9 cm³/mol. The number of rotatable bonds is 6. The number of ether oxygens (including phenoxy) is 1. The minimum Gasteiger partial charge on any atom is -0.374 e. The van der Waals surface area contributed by atoms with Gasteiger partial charge in [-0.15, -0.1) is 0 Å². The monoisotopic (exact) mass is 185 g/mol. The highest BCUT2D eigenvalue weighted by atomic mass is 16.5. The van der Waals surface area contributed by atoms with Crippen molar-refractivity contribution >= 4 is 0 Å². The topological polar surface area (TPSA) is 21.3 Å². The Morgan fingerprint density at radius 3 is 2.46 bits per heavy atom. The summed E-state index contributed by atoms with van der Waals surface area (Å²) in [5.74, 6) is 0. The SMILES string of the molecule is CCNC(CC)C(C)OC1CCC1. The van der Waals surface area contributed by atoms with Crippen LogP contribution in [0.4, 0.5) is 0 Å². The van der Waals surface area contributed by atoms with Crippen molar-refractivity contribution in [2.75, 3.05) is 6.54 Å². The summed E-state index contributed by atoms with van der Waals surface area (Å²) in [6.45, 7) is 7.60. The van der Waals surface area contributed by atoms with E-state index in [9.17, 15) is 0 Å². The number of hydrogen-bond donors (Lipinski definition) is 1. The van der Waals surface area contributed by atoms with E-state index in [4.69, 9.17) is 4.74 Å². The van der Waals surface area contributed by atoms with E-state index in [1.54, 1.807) is 0 Å². The molecule has 0 saturated heterocycles. The standard InChI is InChI=1S/C11H23NO/c1-4-11(12-5-2)9(3)13-10-7-6-8-10/h9-12H,4-8H2,1-3H3. The smallest absolute Gasteiger partial charge is 0.0703 e. The van der Waals surface area contributed by atoms with Crippen molar-refractivity contribution in [3.05, 3.63) is 0 Å². The van der Waals surface area contributed by atoms with E-state index in [2.05, 4.69) is 26.1 Å². The molecule has 1 N–H and O–H groups in total. The van der Waals surface area contributed by atoms with Gasteiger partial charge in [-0.1, -0.05) is 13.8 Å². The van der Waals surface area contributed by atoms with Crippen molar-refractivity contribution in [3.8, 4) is 0 Å². The van der Waals surface area contributed by atoms with Crippen LogP contribution in [0.1, 0.15) is 46.5 Å². The molecule has 13 heavy (non-hydrogen) atoms. The van der Waals surface area contributed by atoms with Crippen molar-refractivity contribution in [1.29, 1.82) is 0 Å². The van der Waals surface area contributed by atoms with E-state index in [1.807, 2.05) is 0 Å². The van der Waals surface area contributed by atoms with Gasteiger partial charge in [0.15, 0.2) is 0 Å². The quantitative estimate of drug-likeness (QED) is 0.685. The Bertz CT molecular complexity index is 134. The first-order valence-electron chi connectivity index (χ1n) is 5.66. The fourth-order valence-electron chi connectivity index (χ4n) is 1.81. The summed E-state index contributed by atoms with van der Waals surface area (Å²) in [6, 6.07) is 0.533. The summed E-state index contributed by atoms with van der Waals surface area (Å²) >= 11 is 0. The molecule has 1 aliphatic rings. The Kier molecular flexibility index (Phi) is 4.74. The molecule has 1 rings (SSSR count). The number of hydrogen-bond acceptors (Lipinski definition) is 2. The lowest BCUT2D eigenvalue weighted by atomic mass is 9.95. The summed E-state index contributed by atoms with van der Waals surface area (Å²) in [4.78, 5) is 0. The summed E-state index contributed by atoms with van der Waals surface area (Å²) in [6.07, 6.45) is 5.98. The zero-order valence-electron chi connectivity index (χ0n) is 9.18. The molecule has 1 aliphatic carbocycles. The molecule has 2 heteroatoms. The van der Waals surface area contributed by atoms with E-state index in [-0.39, 0.29) is 0 Å². The lowest BCUT2D eigenvalue weighted by Crippen LogP contribution is -2.42. The predicted octanol–water partition coefficient (Wildman–Crippen LogP) is 2.33. The maximum atomic E-state index is 5.93. The van der Waals surface area contributed by atoms with Gasteiger partial charge in [-0.3, -0.25) is 0 Å². The van der Waals surface area contributed by atoms with Gasteiger partial charge in [0.2, 0.25) is 0 Å². The molecule has 0 amide bonds. The van der Waals surface area contributed by atoms with Crippen LogP contribution in [0, 0.1) is 0 Å². The van der Waals surface area contributed by atoms with Crippen LogP contribution in [-0.2, 0) is 4.74 Å². The van der Waals surface area contributed by atoms with Gasteiger partial charge in [-0.25, -0.2) is 0 Å². The molecule has 0 radical (unpaired) electrons. The van der Waals surface area contributed by atoms with Crippen LogP contribution in [0.25, 0.3) is 0 Å². The minimum atomic E-state index is 0.371. The van der Waals surface area contributed by atoms with Gasteiger partial charge in [0.1, 0.15) is 0 Å². The Labute approximate surface area is 82.0 Å². The summed E-state index contributed by atoms with van der Waals surface area (Å²) < 4.78 is 5.93. The fourth-order valence-corrected chi connectivity index (χ4v) is 1.81. The van der Waals surface area contributed by atoms with Crippen molar-refractivity contribution in [2.24, 2.45) is 0 Å². The maximum Gasteiger partial charge on any atom is 0.0703 e. The van der Waals surface area contributed by atoms with Crippen LogP contribution in [-0.4, -0.2) is 24.8 Å². The zero-order chi connectivity index (χ0) is 9.68. The normalized spacial score (nSPS) is 22.4. The largest absolute Gasteiger partial charge is 0.374 e. The average molecular weight is 185 g/mol. The van der Waals surface area contributed by atoms with Gasteiger partial charge in [0.25, 0.3) is 0 Å². The molecule has 0 aromatic heterocycles. The highest BCUT2D eigenvalue weighted by Crippen LogP contribution is 2.24. The van der Waals surface area contributed by atoms with Gasteiger partial charge in [0.05, 0.1) is 12.2 Å². The second-order valence-corrected chi connectivity index (χ2v) is 3.97. The average Bonchev–Trinajstić information content (AvgIpc) is 2.07. The Hall–Kier alpha value is -0.0800.